The van der Waals surface area contributed by atoms with E-state index in [1.165, 1.54) is 14.0 Å². The molecule has 0 aliphatic heterocycles. The quantitative estimate of drug-likeness (QED) is 0.378. The summed E-state index contributed by atoms with van der Waals surface area (Å²) < 4.78 is 5.22. The predicted octanol–water partition coefficient (Wildman–Crippen LogP) is 3.44. The van der Waals surface area contributed by atoms with Crippen LogP contribution in [0.25, 0.3) is 0 Å². The van der Waals surface area contributed by atoms with Crippen LogP contribution >= 0.6 is 0 Å². The number of carbonyl (C=O) groups excluding carboxylic acids is 4. The first-order chi connectivity index (χ1) is 14.5. The molecule has 176 valence electrons. The van der Waals surface area contributed by atoms with Crippen molar-refractivity contribution in [1.82, 2.24) is 0 Å². The third kappa shape index (κ3) is 2.16. The van der Waals surface area contributed by atoms with E-state index in [1.54, 1.807) is 6.92 Å². The first-order valence-corrected chi connectivity index (χ1v) is 11.6. The molecule has 0 aromatic carbocycles. The smallest absolute Gasteiger partial charge is 0.324 e. The zero-order chi connectivity index (χ0) is 24.3. The van der Waals surface area contributed by atoms with Gasteiger partial charge in [0, 0.05) is 11.8 Å². The van der Waals surface area contributed by atoms with E-state index in [9.17, 15) is 24.3 Å². The molecule has 7 atom stereocenters. The molecule has 6 heteroatoms. The summed E-state index contributed by atoms with van der Waals surface area (Å²) in [4.78, 5) is 53.9. The highest BCUT2D eigenvalue weighted by molar-refractivity contribution is 6.26. The van der Waals surface area contributed by atoms with Gasteiger partial charge in [0.15, 0.2) is 22.6 Å². The summed E-state index contributed by atoms with van der Waals surface area (Å²) in [5.74, 6) is -2.03. The number of ether oxygens (including phenoxy) is 1. The zero-order valence-corrected chi connectivity index (χ0v) is 20.4. The standard InChI is InChI=1S/C26H36O6/c1-14-23(5)13-16-22(4)11-10-17(27)21(2,3)15(22)9-12-24(16,6)26(14,20(30)32-8)19(29)25(7,31)18(23)28/h15-16,31H,1,9-13H2,2-8H3/t15?,16?,22-,23-,24+,25-,26+/m0/s1. The monoisotopic (exact) mass is 444 g/mol. The van der Waals surface area contributed by atoms with Gasteiger partial charge < -0.3 is 9.84 Å². The molecule has 2 unspecified atom stereocenters. The summed E-state index contributed by atoms with van der Waals surface area (Å²) in [6.07, 6.45) is 2.66. The fourth-order valence-corrected chi connectivity index (χ4v) is 8.78. The van der Waals surface area contributed by atoms with Crippen LogP contribution in [0.5, 0.6) is 0 Å². The Morgan fingerprint density at radius 3 is 2.16 bits per heavy atom. The van der Waals surface area contributed by atoms with E-state index in [1.807, 2.05) is 20.8 Å². The van der Waals surface area contributed by atoms with E-state index in [4.69, 9.17) is 4.74 Å². The minimum atomic E-state index is -2.29. The SMILES string of the molecule is C=C1[C@]2(C)CC3[C@@]4(C)CCC(=O)C(C)(C)C4CC[C@@]3(C)[C@@]1(C(=O)OC)C(=O)[C@@](C)(O)C2=O. The van der Waals surface area contributed by atoms with Gasteiger partial charge in [0.2, 0.25) is 0 Å². The Hall–Kier alpha value is -1.82. The third-order valence-corrected chi connectivity index (χ3v) is 10.6. The molecule has 2 bridgehead atoms. The molecule has 4 aliphatic carbocycles. The van der Waals surface area contributed by atoms with Gasteiger partial charge in [0.1, 0.15) is 5.78 Å². The molecule has 0 saturated heterocycles. The first kappa shape index (κ1) is 23.3. The van der Waals surface area contributed by atoms with Crippen molar-refractivity contribution in [3.8, 4) is 0 Å². The lowest BCUT2D eigenvalue weighted by Crippen LogP contribution is -2.77. The maximum absolute atomic E-state index is 14.0. The van der Waals surface area contributed by atoms with Gasteiger partial charge in [0.25, 0.3) is 0 Å². The Morgan fingerprint density at radius 1 is 1.00 bits per heavy atom. The number of aliphatic hydroxyl groups is 1. The highest BCUT2D eigenvalue weighted by atomic mass is 16.5. The van der Waals surface area contributed by atoms with Crippen molar-refractivity contribution >= 4 is 23.3 Å². The van der Waals surface area contributed by atoms with E-state index >= 15 is 0 Å². The van der Waals surface area contributed by atoms with Crippen LogP contribution in [0.1, 0.15) is 73.6 Å². The number of Topliss-reactive ketones (excluding diaryl/α,β-unsaturated/α-hetero) is 3. The highest BCUT2D eigenvalue weighted by Gasteiger charge is 2.81. The number of rotatable bonds is 1. The molecule has 4 fully saturated rings. The van der Waals surface area contributed by atoms with Crippen LogP contribution in [0.15, 0.2) is 12.2 Å². The number of methoxy groups -OCH3 is 1. The Balaban J connectivity index is 2.03. The van der Waals surface area contributed by atoms with Crippen molar-refractivity contribution in [1.29, 1.82) is 0 Å². The molecule has 4 aliphatic rings. The van der Waals surface area contributed by atoms with Crippen LogP contribution in [0.4, 0.5) is 0 Å². The summed E-state index contributed by atoms with van der Waals surface area (Å²) in [5, 5.41) is 11.1. The number of ketones is 3. The molecule has 6 nitrogen and oxygen atoms in total. The van der Waals surface area contributed by atoms with Gasteiger partial charge in [-0.15, -0.1) is 0 Å². The van der Waals surface area contributed by atoms with Crippen molar-refractivity contribution < 1.29 is 29.0 Å². The number of esters is 1. The van der Waals surface area contributed by atoms with Gasteiger partial charge in [-0.05, 0) is 67.8 Å². The van der Waals surface area contributed by atoms with E-state index in [2.05, 4.69) is 13.5 Å². The Kier molecular flexibility index (Phi) is 4.52. The van der Waals surface area contributed by atoms with Gasteiger partial charge in [-0.3, -0.25) is 19.2 Å². The summed E-state index contributed by atoms with van der Waals surface area (Å²) in [6.45, 7) is 15.2. The van der Waals surface area contributed by atoms with Crippen LogP contribution in [-0.4, -0.2) is 41.1 Å². The Labute approximate surface area is 190 Å². The van der Waals surface area contributed by atoms with Crippen LogP contribution in [-0.2, 0) is 23.9 Å². The normalized spacial score (nSPS) is 49.9. The molecular formula is C26H36O6. The molecular weight excluding hydrogens is 408 g/mol. The van der Waals surface area contributed by atoms with E-state index in [0.29, 0.717) is 32.1 Å². The van der Waals surface area contributed by atoms with E-state index < -0.39 is 44.8 Å². The molecule has 1 N–H and O–H groups in total. The molecule has 0 spiro atoms. The zero-order valence-electron chi connectivity index (χ0n) is 20.4. The van der Waals surface area contributed by atoms with Crippen LogP contribution < -0.4 is 0 Å². The lowest BCUT2D eigenvalue weighted by molar-refractivity contribution is -0.222. The number of hydrogen-bond donors (Lipinski definition) is 1. The molecule has 0 radical (unpaired) electrons. The van der Waals surface area contributed by atoms with Crippen molar-refractivity contribution in [2.24, 2.45) is 38.9 Å². The third-order valence-electron chi connectivity index (χ3n) is 10.6. The number of fused-ring (bicyclic) bond motifs is 6. The molecule has 4 saturated carbocycles. The molecule has 0 heterocycles. The number of hydrogen-bond acceptors (Lipinski definition) is 6. The highest BCUT2D eigenvalue weighted by Crippen LogP contribution is 2.76. The lowest BCUT2D eigenvalue weighted by Gasteiger charge is -2.71. The average Bonchev–Trinajstić information content (AvgIpc) is 2.71. The second-order valence-corrected chi connectivity index (χ2v) is 12.2. The first-order valence-electron chi connectivity index (χ1n) is 11.6. The molecule has 0 aromatic rings. The average molecular weight is 445 g/mol. The van der Waals surface area contributed by atoms with Crippen molar-refractivity contribution in [3.05, 3.63) is 12.2 Å². The van der Waals surface area contributed by atoms with Gasteiger partial charge in [-0.2, -0.15) is 0 Å². The van der Waals surface area contributed by atoms with Gasteiger partial charge in [0.05, 0.1) is 12.5 Å². The Bertz CT molecular complexity index is 965. The summed E-state index contributed by atoms with van der Waals surface area (Å²) in [7, 11) is 1.24. The minimum absolute atomic E-state index is 0.0745. The van der Waals surface area contributed by atoms with E-state index in [-0.39, 0.29) is 28.6 Å². The Morgan fingerprint density at radius 2 is 1.59 bits per heavy atom. The largest absolute Gasteiger partial charge is 0.468 e. The van der Waals surface area contributed by atoms with Gasteiger partial charge in [-0.25, -0.2) is 0 Å². The summed E-state index contributed by atoms with van der Waals surface area (Å²) >= 11 is 0. The lowest BCUT2D eigenvalue weighted by atomic mass is 9.30. The van der Waals surface area contributed by atoms with Gasteiger partial charge in [-0.1, -0.05) is 34.3 Å². The maximum Gasteiger partial charge on any atom is 0.324 e. The van der Waals surface area contributed by atoms with Crippen molar-refractivity contribution in [2.45, 2.75) is 79.2 Å². The van der Waals surface area contributed by atoms with Gasteiger partial charge >= 0.3 is 5.97 Å². The van der Waals surface area contributed by atoms with Crippen molar-refractivity contribution in [2.75, 3.05) is 7.11 Å². The maximum atomic E-state index is 14.0. The van der Waals surface area contributed by atoms with E-state index in [0.717, 1.165) is 0 Å². The minimum Gasteiger partial charge on any atom is -0.468 e. The fourth-order valence-electron chi connectivity index (χ4n) is 8.78. The molecule has 0 amide bonds. The van der Waals surface area contributed by atoms with Crippen molar-refractivity contribution in [3.63, 3.8) is 0 Å². The molecule has 32 heavy (non-hydrogen) atoms. The van der Waals surface area contributed by atoms with Crippen LogP contribution in [0, 0.1) is 38.9 Å². The predicted molar refractivity (Wildman–Crippen MR) is 117 cm³/mol. The molecule has 0 aromatic heterocycles. The second kappa shape index (κ2) is 6.19. The summed E-state index contributed by atoms with van der Waals surface area (Å²) in [6, 6.07) is 0. The fraction of sp³-hybridized carbons (Fsp3) is 0.769. The number of carbonyl (C=O) groups is 4. The molecule has 4 rings (SSSR count). The summed E-state index contributed by atoms with van der Waals surface area (Å²) in [5.41, 5.74) is -6.85. The van der Waals surface area contributed by atoms with Crippen LogP contribution in [0.3, 0.4) is 0 Å². The van der Waals surface area contributed by atoms with Crippen LogP contribution in [0.2, 0.25) is 0 Å². The topological polar surface area (TPSA) is 97.7 Å². The second-order valence-electron chi connectivity index (χ2n) is 12.2.